The Morgan fingerprint density at radius 1 is 0.364 bits per heavy atom. The van der Waals surface area contributed by atoms with Crippen molar-refractivity contribution in [2.45, 2.75) is 66.1 Å². The minimum Gasteiger partial charge on any atom is -0.401 e. The van der Waals surface area contributed by atoms with Crippen LogP contribution in [-0.4, -0.2) is 33.8 Å². The van der Waals surface area contributed by atoms with E-state index >= 15 is 0 Å². The molecule has 6 heteroatoms. The Labute approximate surface area is 518 Å². The largest absolute Gasteiger partial charge is 0.495 e. The van der Waals surface area contributed by atoms with Gasteiger partial charge >= 0.3 is 7.12 Å². The van der Waals surface area contributed by atoms with Crippen molar-refractivity contribution in [3.05, 3.63) is 278 Å². The summed E-state index contributed by atoms with van der Waals surface area (Å²) in [6.45, 7) is 13.8. The van der Waals surface area contributed by atoms with E-state index in [-0.39, 0.29) is 11.5 Å². The van der Waals surface area contributed by atoms with Crippen LogP contribution in [-0.2, 0) is 9.31 Å². The molecule has 2 bridgehead atoms. The van der Waals surface area contributed by atoms with E-state index in [0.29, 0.717) is 11.8 Å². The number of nitrogens with zero attached hydrogens (tertiary/aromatic N) is 3. The summed E-state index contributed by atoms with van der Waals surface area (Å²) in [5.41, 5.74) is 28.6. The summed E-state index contributed by atoms with van der Waals surface area (Å²) < 4.78 is 14.8. The molecule has 0 spiro atoms. The Kier molecular flexibility index (Phi) is 13.9. The van der Waals surface area contributed by atoms with E-state index in [1.54, 1.807) is 0 Å². The van der Waals surface area contributed by atoms with Gasteiger partial charge < -0.3 is 9.31 Å². The summed E-state index contributed by atoms with van der Waals surface area (Å²) in [5.74, 6) is 1.03. The van der Waals surface area contributed by atoms with Gasteiger partial charge in [0.2, 0.25) is 0 Å². The van der Waals surface area contributed by atoms with Crippen molar-refractivity contribution in [1.82, 2.24) is 15.0 Å². The number of rotatable bonds is 12. The zero-order valence-electron chi connectivity index (χ0n) is 50.7. The van der Waals surface area contributed by atoms with Crippen molar-refractivity contribution in [3.63, 3.8) is 0 Å². The maximum Gasteiger partial charge on any atom is 0.495 e. The molecule has 426 valence electrons. The summed E-state index contributed by atoms with van der Waals surface area (Å²) in [6, 6.07) is 88.0. The molecule has 4 fully saturated rings. The molecular weight excluding hydrogens is 1070 g/mol. The van der Waals surface area contributed by atoms with Gasteiger partial charge in [-0.05, 0) is 236 Å². The Bertz CT molecular complexity index is 4490. The zero-order chi connectivity index (χ0) is 59.7. The minimum absolute atomic E-state index is 0.0142. The normalized spacial score (nSPS) is 18.2. The molecule has 4 aliphatic rings. The quantitative estimate of drug-likeness (QED) is 0.114. The number of aryl methyl sites for hydroxylation is 3. The van der Waals surface area contributed by atoms with Crippen molar-refractivity contribution < 1.29 is 9.31 Å². The van der Waals surface area contributed by atoms with E-state index in [1.807, 2.05) is 42.9 Å². The highest BCUT2D eigenvalue weighted by Gasteiger charge is 2.67. The fourth-order valence-electron chi connectivity index (χ4n) is 14.8. The maximum absolute atomic E-state index is 7.39. The number of hydrogen-bond acceptors (Lipinski definition) is 5. The summed E-state index contributed by atoms with van der Waals surface area (Å²) >= 11 is 0. The van der Waals surface area contributed by atoms with Crippen LogP contribution in [0.3, 0.4) is 0 Å². The van der Waals surface area contributed by atoms with E-state index in [2.05, 4.69) is 260 Å². The van der Waals surface area contributed by atoms with Crippen LogP contribution in [0.4, 0.5) is 0 Å². The second kappa shape index (κ2) is 22.3. The molecule has 12 aromatic rings. The number of aromatic nitrogens is 3. The fraction of sp³-hybridized carbons (Fsp3) is 0.159. The lowest BCUT2D eigenvalue weighted by Gasteiger charge is -2.63. The number of hydrogen-bond donors (Lipinski definition) is 0. The molecule has 9 aromatic carbocycles. The van der Waals surface area contributed by atoms with Crippen LogP contribution < -0.4 is 5.46 Å². The van der Waals surface area contributed by atoms with Crippen LogP contribution in [0.5, 0.6) is 0 Å². The molecule has 3 aromatic heterocycles. The van der Waals surface area contributed by atoms with E-state index in [4.69, 9.17) is 24.3 Å². The SMILES string of the molecule is Cc1cc(-c2ccc(-c3ccccc3-c3cc(-c4ccccc4-c4ccc(-c5ccccn5)cc4C)cc(-c4ccccc4-c4ccc(-c5ccccn5)cc4C)c3)c(B3O[C@@H]4[C@@H]5CC(C[C@]4(C)O3)C5(C)C)c2)ncc1-c1cccc(-c2ccccc2)c1. The van der Waals surface area contributed by atoms with Crippen molar-refractivity contribution in [2.75, 3.05) is 0 Å². The standard InChI is InChI=1S/C82H68BN3O2/c1-52-41-58(77-31-16-18-39-84-77)33-36-65(52)70-28-13-10-25-67(70)61-45-62(68-26-11-14-29-71(68)66-37-34-59(42-53(66)2)78-32-17-19-40-85-78)47-63(46-61)69-27-12-15-30-72(69)73-38-35-60(48-76(73)83-87-80-75-49-64(81(75,4)5)50-82(80,6)88-83)79-43-54(3)74(51-86-79)57-24-20-23-56(44-57)55-21-8-7-9-22-55/h7-48,51,64,75,80H,49-50H2,1-6H3/t64?,75-,80+,82-/m0/s1. The molecule has 3 saturated carbocycles. The molecule has 4 heterocycles. The molecule has 0 N–H and O–H groups in total. The van der Waals surface area contributed by atoms with Gasteiger partial charge in [-0.1, -0.05) is 190 Å². The predicted octanol–water partition coefficient (Wildman–Crippen LogP) is 20.1. The van der Waals surface area contributed by atoms with Gasteiger partial charge in [0.1, 0.15) is 0 Å². The Morgan fingerprint density at radius 2 is 0.830 bits per heavy atom. The first-order valence-corrected chi connectivity index (χ1v) is 31.0. The van der Waals surface area contributed by atoms with Gasteiger partial charge in [0.05, 0.1) is 28.8 Å². The molecule has 1 unspecified atom stereocenters. The van der Waals surface area contributed by atoms with Crippen LogP contribution in [0.1, 0.15) is 50.3 Å². The summed E-state index contributed by atoms with van der Waals surface area (Å²) in [6.07, 6.45) is 7.92. The third-order valence-corrected chi connectivity index (χ3v) is 19.7. The van der Waals surface area contributed by atoms with Gasteiger partial charge in [-0.3, -0.25) is 15.0 Å². The summed E-state index contributed by atoms with van der Waals surface area (Å²) in [5, 5.41) is 0. The van der Waals surface area contributed by atoms with Crippen molar-refractivity contribution in [1.29, 1.82) is 0 Å². The average Bonchev–Trinajstić information content (AvgIpc) is 1.48. The number of pyridine rings is 3. The van der Waals surface area contributed by atoms with Gasteiger partial charge in [-0.25, -0.2) is 0 Å². The van der Waals surface area contributed by atoms with Gasteiger partial charge in [0.25, 0.3) is 0 Å². The summed E-state index contributed by atoms with van der Waals surface area (Å²) in [4.78, 5) is 14.6. The Morgan fingerprint density at radius 3 is 1.35 bits per heavy atom. The van der Waals surface area contributed by atoms with Crippen LogP contribution in [0.15, 0.2) is 261 Å². The first kappa shape index (κ1) is 55.0. The molecule has 16 rings (SSSR count). The average molecular weight is 1140 g/mol. The van der Waals surface area contributed by atoms with E-state index in [0.717, 1.165) is 107 Å². The Hall–Kier alpha value is -9.59. The van der Waals surface area contributed by atoms with Crippen molar-refractivity contribution >= 4 is 12.6 Å². The van der Waals surface area contributed by atoms with Crippen molar-refractivity contribution in [2.24, 2.45) is 17.3 Å². The summed E-state index contributed by atoms with van der Waals surface area (Å²) in [7, 11) is -0.588. The molecular formula is C82H68BN3O2. The fourth-order valence-corrected chi connectivity index (χ4v) is 14.8. The van der Waals surface area contributed by atoms with E-state index < -0.39 is 12.7 Å². The highest BCUT2D eigenvalue weighted by Crippen LogP contribution is 2.65. The lowest BCUT2D eigenvalue weighted by molar-refractivity contribution is -0.185. The highest BCUT2D eigenvalue weighted by molar-refractivity contribution is 6.64. The monoisotopic (exact) mass is 1140 g/mol. The van der Waals surface area contributed by atoms with Gasteiger partial charge in [0.15, 0.2) is 0 Å². The molecule has 5 nitrogen and oxygen atoms in total. The van der Waals surface area contributed by atoms with Gasteiger partial charge in [-0.2, -0.15) is 0 Å². The third kappa shape index (κ3) is 9.91. The van der Waals surface area contributed by atoms with Crippen molar-refractivity contribution in [3.8, 4) is 123 Å². The smallest absolute Gasteiger partial charge is 0.401 e. The first-order valence-electron chi connectivity index (χ1n) is 31.0. The maximum atomic E-state index is 7.39. The van der Waals surface area contributed by atoms with E-state index in [1.165, 1.54) is 50.9 Å². The van der Waals surface area contributed by atoms with Crippen LogP contribution in [0, 0.1) is 38.0 Å². The predicted molar refractivity (Wildman–Crippen MR) is 364 cm³/mol. The second-order valence-corrected chi connectivity index (χ2v) is 25.4. The van der Waals surface area contributed by atoms with Crippen LogP contribution in [0.2, 0.25) is 0 Å². The minimum atomic E-state index is -0.588. The first-order chi connectivity index (χ1) is 42.9. The molecule has 1 saturated heterocycles. The van der Waals surface area contributed by atoms with Gasteiger partial charge in [0, 0.05) is 35.3 Å². The molecule has 0 amide bonds. The lowest BCUT2D eigenvalue weighted by Crippen LogP contribution is -2.63. The van der Waals surface area contributed by atoms with Crippen LogP contribution in [0.25, 0.3) is 123 Å². The topological polar surface area (TPSA) is 57.1 Å². The molecule has 4 atom stereocenters. The number of benzene rings is 9. The molecule has 88 heavy (non-hydrogen) atoms. The molecule has 0 radical (unpaired) electrons. The van der Waals surface area contributed by atoms with E-state index in [9.17, 15) is 0 Å². The van der Waals surface area contributed by atoms with Gasteiger partial charge in [-0.15, -0.1) is 0 Å². The third-order valence-electron chi connectivity index (χ3n) is 19.7. The Balaban J connectivity index is 0.886. The lowest BCUT2D eigenvalue weighted by atomic mass is 9.45. The highest BCUT2D eigenvalue weighted by atomic mass is 16.7. The second-order valence-electron chi connectivity index (χ2n) is 25.4. The zero-order valence-corrected chi connectivity index (χ0v) is 50.7. The van der Waals surface area contributed by atoms with Crippen LogP contribution >= 0.6 is 0 Å². The molecule has 3 aliphatic carbocycles. The molecule has 1 aliphatic heterocycles.